The van der Waals surface area contributed by atoms with Crippen LogP contribution < -0.4 is 0 Å². The molecule has 2 rings (SSSR count). The largest absolute Gasteiger partial charge is 0.444 e. The van der Waals surface area contributed by atoms with Gasteiger partial charge in [0.05, 0.1) is 12.2 Å². The molecule has 1 heterocycles. The Labute approximate surface area is 154 Å². The van der Waals surface area contributed by atoms with Crippen LogP contribution in [0.15, 0.2) is 24.3 Å². The number of hydrogen-bond donors (Lipinski definition) is 0. The molecular weight excluding hydrogens is 340 g/mol. The molecule has 25 heavy (non-hydrogen) atoms. The van der Waals surface area contributed by atoms with Gasteiger partial charge in [0.25, 0.3) is 0 Å². The van der Waals surface area contributed by atoms with E-state index >= 15 is 0 Å². The van der Waals surface area contributed by atoms with Crippen molar-refractivity contribution in [3.05, 3.63) is 34.9 Å². The van der Waals surface area contributed by atoms with Gasteiger partial charge in [0.2, 0.25) is 0 Å². The zero-order valence-corrected chi connectivity index (χ0v) is 15.8. The van der Waals surface area contributed by atoms with Crippen molar-refractivity contribution in [3.63, 3.8) is 0 Å². The van der Waals surface area contributed by atoms with E-state index in [-0.39, 0.29) is 24.7 Å². The fraction of sp³-hybridized carbons (Fsp3) is 0.579. The monoisotopic (exact) mass is 364 g/mol. The third-order valence-electron chi connectivity index (χ3n) is 4.04. The van der Waals surface area contributed by atoms with E-state index in [1.807, 2.05) is 45.0 Å². The average Bonchev–Trinajstić information content (AvgIpc) is 2.54. The van der Waals surface area contributed by atoms with Gasteiger partial charge < -0.3 is 14.4 Å². The molecule has 0 aliphatic carbocycles. The molecule has 0 spiro atoms. The Morgan fingerprint density at radius 1 is 1.48 bits per heavy atom. The van der Waals surface area contributed by atoms with Gasteiger partial charge in [-0.3, -0.25) is 0 Å². The molecule has 1 aromatic rings. The molecule has 0 aromatic heterocycles. The number of carbonyl (C=O) groups excluding carboxylic acids is 1. The standard InChI is InChI=1S/C19H25ClN2O3/c1-19(2,3)25-18(23)22-10-5-7-15(13-22)17(24-11-9-21)14-6-4-8-16(20)12-14/h4,6,8,12,15,17H,5,7,10-11,13H2,1-3H3/t15-,17+/m1/s1. The number of nitriles is 1. The van der Waals surface area contributed by atoms with E-state index in [4.69, 9.17) is 26.3 Å². The second kappa shape index (κ2) is 8.55. The topological polar surface area (TPSA) is 62.6 Å². The average molecular weight is 365 g/mol. The molecule has 0 saturated carbocycles. The van der Waals surface area contributed by atoms with Gasteiger partial charge in [0, 0.05) is 24.0 Å². The predicted molar refractivity (Wildman–Crippen MR) is 96.3 cm³/mol. The smallest absolute Gasteiger partial charge is 0.410 e. The first-order chi connectivity index (χ1) is 11.8. The van der Waals surface area contributed by atoms with Crippen molar-refractivity contribution < 1.29 is 14.3 Å². The van der Waals surface area contributed by atoms with Crippen molar-refractivity contribution in [2.75, 3.05) is 19.7 Å². The third kappa shape index (κ3) is 5.91. The van der Waals surface area contributed by atoms with Crippen LogP contribution >= 0.6 is 11.6 Å². The van der Waals surface area contributed by atoms with Gasteiger partial charge in [0.1, 0.15) is 12.2 Å². The molecule has 1 aromatic carbocycles. The molecule has 5 nitrogen and oxygen atoms in total. The maximum absolute atomic E-state index is 12.4. The number of nitrogens with zero attached hydrogens (tertiary/aromatic N) is 2. The van der Waals surface area contributed by atoms with Gasteiger partial charge >= 0.3 is 6.09 Å². The lowest BCUT2D eigenvalue weighted by atomic mass is 9.88. The normalized spacial score (nSPS) is 19.2. The maximum Gasteiger partial charge on any atom is 0.410 e. The molecule has 0 unspecified atom stereocenters. The summed E-state index contributed by atoms with van der Waals surface area (Å²) in [6.45, 7) is 6.79. The molecule has 0 N–H and O–H groups in total. The Balaban J connectivity index is 2.14. The van der Waals surface area contributed by atoms with Crippen LogP contribution in [0.1, 0.15) is 45.3 Å². The summed E-state index contributed by atoms with van der Waals surface area (Å²) in [5, 5.41) is 9.52. The second-order valence-corrected chi connectivity index (χ2v) is 7.71. The van der Waals surface area contributed by atoms with E-state index in [2.05, 4.69) is 0 Å². The van der Waals surface area contributed by atoms with Crippen LogP contribution in [-0.2, 0) is 9.47 Å². The minimum Gasteiger partial charge on any atom is -0.444 e. The predicted octanol–water partition coefficient (Wildman–Crippen LogP) is 4.57. The SMILES string of the molecule is CC(C)(C)OC(=O)N1CCC[C@@H]([C@@H](OCC#N)c2cccc(Cl)c2)C1. The van der Waals surface area contributed by atoms with Crippen LogP contribution in [0, 0.1) is 17.2 Å². The summed E-state index contributed by atoms with van der Waals surface area (Å²) in [5.74, 6) is 0.0908. The molecule has 136 valence electrons. The van der Waals surface area contributed by atoms with E-state index < -0.39 is 5.60 Å². The summed E-state index contributed by atoms with van der Waals surface area (Å²) in [6.07, 6.45) is 1.21. The van der Waals surface area contributed by atoms with Crippen LogP contribution in [0.2, 0.25) is 5.02 Å². The van der Waals surface area contributed by atoms with Gasteiger partial charge in [-0.1, -0.05) is 23.7 Å². The third-order valence-corrected chi connectivity index (χ3v) is 4.28. The quantitative estimate of drug-likeness (QED) is 0.785. The molecule has 1 saturated heterocycles. The summed E-state index contributed by atoms with van der Waals surface area (Å²) in [7, 11) is 0. The van der Waals surface area contributed by atoms with Crippen molar-refractivity contribution in [2.24, 2.45) is 5.92 Å². The van der Waals surface area contributed by atoms with Crippen molar-refractivity contribution >= 4 is 17.7 Å². The van der Waals surface area contributed by atoms with Crippen molar-refractivity contribution in [2.45, 2.75) is 45.3 Å². The summed E-state index contributed by atoms with van der Waals surface area (Å²) < 4.78 is 11.3. The highest BCUT2D eigenvalue weighted by molar-refractivity contribution is 6.30. The molecule has 6 heteroatoms. The first-order valence-corrected chi connectivity index (χ1v) is 8.90. The highest BCUT2D eigenvalue weighted by Crippen LogP contribution is 2.34. The fourth-order valence-corrected chi connectivity index (χ4v) is 3.26. The summed E-state index contributed by atoms with van der Waals surface area (Å²) in [6, 6.07) is 9.50. The Morgan fingerprint density at radius 3 is 2.88 bits per heavy atom. The number of ether oxygens (including phenoxy) is 2. The van der Waals surface area contributed by atoms with Crippen LogP contribution in [0.3, 0.4) is 0 Å². The zero-order chi connectivity index (χ0) is 18.4. The number of rotatable bonds is 4. The van der Waals surface area contributed by atoms with Gasteiger partial charge in [-0.15, -0.1) is 0 Å². The Bertz CT molecular complexity index is 636. The summed E-state index contributed by atoms with van der Waals surface area (Å²) in [5.41, 5.74) is 0.409. The highest BCUT2D eigenvalue weighted by Gasteiger charge is 2.33. The first-order valence-electron chi connectivity index (χ1n) is 8.52. The van der Waals surface area contributed by atoms with Crippen LogP contribution in [0.5, 0.6) is 0 Å². The van der Waals surface area contributed by atoms with Crippen LogP contribution in [0.4, 0.5) is 4.79 Å². The van der Waals surface area contributed by atoms with E-state index in [9.17, 15) is 4.79 Å². The summed E-state index contributed by atoms with van der Waals surface area (Å²) >= 11 is 6.11. The lowest BCUT2D eigenvalue weighted by Gasteiger charge is -2.37. The number of hydrogen-bond acceptors (Lipinski definition) is 4. The van der Waals surface area contributed by atoms with E-state index in [1.165, 1.54) is 0 Å². The molecule has 0 bridgehead atoms. The number of halogens is 1. The highest BCUT2D eigenvalue weighted by atomic mass is 35.5. The minimum atomic E-state index is -0.520. The molecule has 1 fully saturated rings. The van der Waals surface area contributed by atoms with Crippen LogP contribution in [-0.4, -0.2) is 36.3 Å². The lowest BCUT2D eigenvalue weighted by molar-refractivity contribution is -0.0165. The van der Waals surface area contributed by atoms with Crippen molar-refractivity contribution in [1.29, 1.82) is 5.26 Å². The van der Waals surface area contributed by atoms with Gasteiger partial charge in [0.15, 0.2) is 0 Å². The van der Waals surface area contributed by atoms with E-state index in [1.54, 1.807) is 11.0 Å². The van der Waals surface area contributed by atoms with E-state index in [0.29, 0.717) is 18.1 Å². The first kappa shape index (κ1) is 19.6. The minimum absolute atomic E-state index is 0.000117. The summed E-state index contributed by atoms with van der Waals surface area (Å²) in [4.78, 5) is 14.1. The van der Waals surface area contributed by atoms with Crippen molar-refractivity contribution in [1.82, 2.24) is 4.90 Å². The van der Waals surface area contributed by atoms with Gasteiger partial charge in [-0.25, -0.2) is 4.79 Å². The number of likely N-dealkylation sites (tertiary alicyclic amines) is 1. The number of piperidine rings is 1. The Kier molecular flexibility index (Phi) is 6.69. The Morgan fingerprint density at radius 2 is 2.24 bits per heavy atom. The molecule has 1 aliphatic rings. The zero-order valence-electron chi connectivity index (χ0n) is 15.0. The molecule has 1 amide bonds. The fourth-order valence-electron chi connectivity index (χ4n) is 3.06. The van der Waals surface area contributed by atoms with Crippen LogP contribution in [0.25, 0.3) is 0 Å². The number of benzene rings is 1. The van der Waals surface area contributed by atoms with Gasteiger partial charge in [-0.2, -0.15) is 5.26 Å². The van der Waals surface area contributed by atoms with E-state index in [0.717, 1.165) is 18.4 Å². The second-order valence-electron chi connectivity index (χ2n) is 7.27. The van der Waals surface area contributed by atoms with Crippen molar-refractivity contribution in [3.8, 4) is 6.07 Å². The molecule has 1 aliphatic heterocycles. The lowest BCUT2D eigenvalue weighted by Crippen LogP contribution is -2.44. The molecule has 0 radical (unpaired) electrons. The molecule has 2 atom stereocenters. The van der Waals surface area contributed by atoms with Gasteiger partial charge in [-0.05, 0) is 51.3 Å². The molecular formula is C19H25ClN2O3. The number of carbonyl (C=O) groups is 1. The maximum atomic E-state index is 12.4. The number of amides is 1. The Hall–Kier alpha value is -1.77.